The van der Waals surface area contributed by atoms with E-state index in [9.17, 15) is 4.79 Å². The fourth-order valence-electron chi connectivity index (χ4n) is 3.28. The molecule has 2 heteroatoms. The highest BCUT2D eigenvalue weighted by molar-refractivity contribution is 5.81. The van der Waals surface area contributed by atoms with Gasteiger partial charge in [0.25, 0.3) is 0 Å². The van der Waals surface area contributed by atoms with Crippen molar-refractivity contribution < 1.29 is 4.79 Å². The van der Waals surface area contributed by atoms with Crippen molar-refractivity contribution in [2.45, 2.75) is 76.3 Å². The minimum Gasteiger partial charge on any atom is -0.308 e. The fourth-order valence-corrected chi connectivity index (χ4v) is 3.28. The number of piperidine rings is 2. The molecule has 2 bridgehead atoms. The van der Waals surface area contributed by atoms with Gasteiger partial charge in [-0.15, -0.1) is 0 Å². The van der Waals surface area contributed by atoms with Crippen LogP contribution in [0.3, 0.4) is 0 Å². The first-order valence-electron chi connectivity index (χ1n) is 6.53. The molecule has 1 unspecified atom stereocenters. The maximum absolute atomic E-state index is 11.7. The Morgan fingerprint density at radius 3 is 3.13 bits per heavy atom. The summed E-state index contributed by atoms with van der Waals surface area (Å²) in [6.07, 6.45) is 10.4. The van der Waals surface area contributed by atoms with Crippen LogP contribution in [0.2, 0.25) is 0 Å². The molecular weight excluding hydrogens is 186 g/mol. The Hall–Kier alpha value is -0.370. The van der Waals surface area contributed by atoms with Crippen LogP contribution in [-0.4, -0.2) is 17.4 Å². The van der Waals surface area contributed by atoms with E-state index in [0.29, 0.717) is 11.8 Å². The molecule has 2 nitrogen and oxygen atoms in total. The Balaban J connectivity index is 1.94. The average Bonchev–Trinajstić information content (AvgIpc) is 2.16. The molecule has 2 aliphatic heterocycles. The number of fused-ring (bicyclic) bond motifs is 2. The van der Waals surface area contributed by atoms with E-state index in [1.807, 2.05) is 0 Å². The van der Waals surface area contributed by atoms with Crippen LogP contribution in [0.4, 0.5) is 0 Å². The highest BCUT2D eigenvalue weighted by Crippen LogP contribution is 2.35. The van der Waals surface area contributed by atoms with Crippen LogP contribution in [0, 0.1) is 0 Å². The first kappa shape index (κ1) is 11.1. The van der Waals surface area contributed by atoms with Crippen molar-refractivity contribution in [1.29, 1.82) is 0 Å². The third kappa shape index (κ3) is 2.60. The minimum absolute atomic E-state index is 0.202. The van der Waals surface area contributed by atoms with Crippen LogP contribution in [0.25, 0.3) is 0 Å². The van der Waals surface area contributed by atoms with E-state index in [0.717, 1.165) is 12.8 Å². The maximum Gasteiger partial charge on any atom is 0.136 e. The van der Waals surface area contributed by atoms with Crippen LogP contribution in [-0.2, 0) is 4.79 Å². The van der Waals surface area contributed by atoms with E-state index in [4.69, 9.17) is 0 Å². The molecule has 0 aliphatic carbocycles. The van der Waals surface area contributed by atoms with Gasteiger partial charge in [0.1, 0.15) is 5.78 Å². The third-order valence-electron chi connectivity index (χ3n) is 3.99. The molecule has 2 saturated heterocycles. The van der Waals surface area contributed by atoms with Crippen molar-refractivity contribution in [3.63, 3.8) is 0 Å². The highest BCUT2D eigenvalue weighted by atomic mass is 16.1. The molecule has 2 aliphatic rings. The van der Waals surface area contributed by atoms with Crippen molar-refractivity contribution in [1.82, 2.24) is 5.32 Å². The second-order valence-electron chi connectivity index (χ2n) is 5.39. The van der Waals surface area contributed by atoms with Crippen LogP contribution in [0.1, 0.15) is 64.7 Å². The molecule has 0 saturated carbocycles. The van der Waals surface area contributed by atoms with Gasteiger partial charge in [-0.3, -0.25) is 4.79 Å². The van der Waals surface area contributed by atoms with Gasteiger partial charge in [0.2, 0.25) is 0 Å². The molecule has 0 aromatic heterocycles. The third-order valence-corrected chi connectivity index (χ3v) is 3.99. The second kappa shape index (κ2) is 4.65. The van der Waals surface area contributed by atoms with Crippen molar-refractivity contribution in [3.05, 3.63) is 0 Å². The summed E-state index contributed by atoms with van der Waals surface area (Å²) in [6.45, 7) is 2.24. The molecular formula is C13H23NO. The monoisotopic (exact) mass is 209 g/mol. The van der Waals surface area contributed by atoms with Crippen LogP contribution >= 0.6 is 0 Å². The molecule has 2 heterocycles. The molecule has 86 valence electrons. The molecule has 2 rings (SSSR count). The predicted molar refractivity (Wildman–Crippen MR) is 61.9 cm³/mol. The van der Waals surface area contributed by atoms with Gasteiger partial charge in [0.05, 0.1) is 0 Å². The van der Waals surface area contributed by atoms with Crippen LogP contribution in [0.5, 0.6) is 0 Å². The second-order valence-corrected chi connectivity index (χ2v) is 5.39. The summed E-state index contributed by atoms with van der Waals surface area (Å²) in [5.74, 6) is 0.495. The number of carbonyl (C=O) groups excluding carboxylic acids is 1. The van der Waals surface area contributed by atoms with E-state index in [-0.39, 0.29) is 5.54 Å². The summed E-state index contributed by atoms with van der Waals surface area (Å²) in [4.78, 5) is 11.7. The largest absolute Gasteiger partial charge is 0.308 e. The Kier molecular flexibility index (Phi) is 3.45. The summed E-state index contributed by atoms with van der Waals surface area (Å²) >= 11 is 0. The fraction of sp³-hybridized carbons (Fsp3) is 0.923. The van der Waals surface area contributed by atoms with E-state index >= 15 is 0 Å². The van der Waals surface area contributed by atoms with Gasteiger partial charge in [0, 0.05) is 24.4 Å². The number of ketones is 1. The van der Waals surface area contributed by atoms with E-state index < -0.39 is 0 Å². The predicted octanol–water partition coefficient (Wildman–Crippen LogP) is 2.81. The normalized spacial score (nSPS) is 35.5. The standard InChI is InChI=1S/C13H23NO/c1-2-3-4-7-13-8-5-6-11(14-13)9-12(15)10-13/h11,14H,2-10H2,1H3/t11-,13?/m0/s1. The van der Waals surface area contributed by atoms with Gasteiger partial charge in [-0.1, -0.05) is 32.6 Å². The molecule has 0 aromatic rings. The Bertz CT molecular complexity index is 239. The molecule has 0 spiro atoms. The van der Waals surface area contributed by atoms with E-state index in [2.05, 4.69) is 12.2 Å². The summed E-state index contributed by atoms with van der Waals surface area (Å²) in [6, 6.07) is 0.502. The first-order valence-corrected chi connectivity index (χ1v) is 6.53. The van der Waals surface area contributed by atoms with Gasteiger partial charge >= 0.3 is 0 Å². The zero-order valence-corrected chi connectivity index (χ0v) is 9.85. The molecule has 0 radical (unpaired) electrons. The summed E-state index contributed by atoms with van der Waals surface area (Å²) in [5, 5.41) is 3.73. The number of hydrogen-bond acceptors (Lipinski definition) is 2. The molecule has 2 fully saturated rings. The Labute approximate surface area is 92.8 Å². The summed E-state index contributed by atoms with van der Waals surface area (Å²) < 4.78 is 0. The quantitative estimate of drug-likeness (QED) is 0.721. The van der Waals surface area contributed by atoms with Crippen molar-refractivity contribution >= 4 is 5.78 Å². The number of hydrogen-bond donors (Lipinski definition) is 1. The van der Waals surface area contributed by atoms with Gasteiger partial charge < -0.3 is 5.32 Å². The van der Waals surface area contributed by atoms with Crippen molar-refractivity contribution in [3.8, 4) is 0 Å². The number of carbonyl (C=O) groups is 1. The lowest BCUT2D eigenvalue weighted by Gasteiger charge is -2.46. The molecule has 15 heavy (non-hydrogen) atoms. The van der Waals surface area contributed by atoms with Crippen molar-refractivity contribution in [2.75, 3.05) is 0 Å². The number of nitrogens with one attached hydrogen (secondary N) is 1. The average molecular weight is 209 g/mol. The number of Topliss-reactive ketones (excluding diaryl/α,β-unsaturated/α-hetero) is 1. The Morgan fingerprint density at radius 1 is 1.47 bits per heavy atom. The van der Waals surface area contributed by atoms with E-state index in [1.165, 1.54) is 44.9 Å². The van der Waals surface area contributed by atoms with E-state index in [1.54, 1.807) is 0 Å². The zero-order chi connectivity index (χ0) is 10.7. The molecule has 0 aromatic carbocycles. The van der Waals surface area contributed by atoms with Crippen LogP contribution in [0.15, 0.2) is 0 Å². The molecule has 0 amide bonds. The first-order chi connectivity index (χ1) is 7.24. The lowest BCUT2D eigenvalue weighted by molar-refractivity contribution is -0.124. The lowest BCUT2D eigenvalue weighted by Crippen LogP contribution is -2.58. The maximum atomic E-state index is 11.7. The summed E-state index contributed by atoms with van der Waals surface area (Å²) in [5.41, 5.74) is 0.202. The SMILES string of the molecule is CCCCCC12CCC[C@@H](CC(=O)C1)N2. The van der Waals surface area contributed by atoms with Gasteiger partial charge in [-0.05, 0) is 19.3 Å². The minimum atomic E-state index is 0.202. The number of rotatable bonds is 4. The van der Waals surface area contributed by atoms with Gasteiger partial charge in [-0.25, -0.2) is 0 Å². The Morgan fingerprint density at radius 2 is 2.33 bits per heavy atom. The number of unbranched alkanes of at least 4 members (excludes halogenated alkanes) is 2. The molecule has 1 N–H and O–H groups in total. The molecule has 2 atom stereocenters. The zero-order valence-electron chi connectivity index (χ0n) is 9.85. The van der Waals surface area contributed by atoms with Gasteiger partial charge in [-0.2, -0.15) is 0 Å². The van der Waals surface area contributed by atoms with Crippen molar-refractivity contribution in [2.24, 2.45) is 0 Å². The van der Waals surface area contributed by atoms with Crippen LogP contribution < -0.4 is 5.32 Å². The lowest BCUT2D eigenvalue weighted by atomic mass is 9.73. The smallest absolute Gasteiger partial charge is 0.136 e. The topological polar surface area (TPSA) is 29.1 Å². The summed E-state index contributed by atoms with van der Waals surface area (Å²) in [7, 11) is 0. The van der Waals surface area contributed by atoms with Gasteiger partial charge in [0.15, 0.2) is 0 Å². The highest BCUT2D eigenvalue weighted by Gasteiger charge is 2.41.